The summed E-state index contributed by atoms with van der Waals surface area (Å²) in [4.78, 5) is 47.4. The van der Waals surface area contributed by atoms with Gasteiger partial charge in [-0.1, -0.05) is 42.5 Å². The Kier molecular flexibility index (Phi) is 5.61. The Labute approximate surface area is 196 Å². The van der Waals surface area contributed by atoms with Crippen LogP contribution in [-0.4, -0.2) is 38.0 Å². The summed E-state index contributed by atoms with van der Waals surface area (Å²) in [6.45, 7) is 5.16. The first kappa shape index (κ1) is 21.8. The molecule has 2 aromatic carbocycles. The van der Waals surface area contributed by atoms with Crippen LogP contribution in [0.2, 0.25) is 0 Å². The van der Waals surface area contributed by atoms with Gasteiger partial charge in [-0.2, -0.15) is 0 Å². The summed E-state index contributed by atoms with van der Waals surface area (Å²) < 4.78 is 2.66. The van der Waals surface area contributed by atoms with Crippen molar-refractivity contribution in [2.45, 2.75) is 33.2 Å². The fraction of sp³-hybridized carbons (Fsp3) is 0.259. The first-order valence-corrected chi connectivity index (χ1v) is 11.5. The van der Waals surface area contributed by atoms with E-state index in [1.54, 1.807) is 30.0 Å². The van der Waals surface area contributed by atoms with Gasteiger partial charge in [0, 0.05) is 18.8 Å². The molecule has 0 bridgehead atoms. The highest BCUT2D eigenvalue weighted by molar-refractivity contribution is 6.05. The molecule has 4 aromatic rings. The van der Waals surface area contributed by atoms with Crippen LogP contribution in [0, 0.1) is 13.8 Å². The van der Waals surface area contributed by atoms with Gasteiger partial charge in [0.05, 0.1) is 23.2 Å². The fourth-order valence-electron chi connectivity index (χ4n) is 4.63. The number of pyridine rings is 1. The van der Waals surface area contributed by atoms with Gasteiger partial charge in [-0.25, -0.2) is 14.3 Å². The highest BCUT2D eigenvalue weighted by Gasteiger charge is 2.26. The van der Waals surface area contributed by atoms with E-state index in [0.717, 1.165) is 24.0 Å². The predicted molar refractivity (Wildman–Crippen MR) is 132 cm³/mol. The molecule has 0 radical (unpaired) electrons. The molecule has 5 rings (SSSR count). The molecule has 1 aliphatic rings. The molecular formula is C27H26N4O3. The lowest BCUT2D eigenvalue weighted by atomic mass is 10.1. The number of rotatable bonds is 4. The molecule has 1 fully saturated rings. The van der Waals surface area contributed by atoms with Crippen molar-refractivity contribution in [1.82, 2.24) is 19.0 Å². The summed E-state index contributed by atoms with van der Waals surface area (Å²) in [6, 6.07) is 18.5. The van der Waals surface area contributed by atoms with Crippen LogP contribution in [0.4, 0.5) is 0 Å². The zero-order valence-corrected chi connectivity index (χ0v) is 19.3. The third-order valence-corrected chi connectivity index (χ3v) is 6.45. The Balaban J connectivity index is 1.86. The Morgan fingerprint density at radius 3 is 2.32 bits per heavy atom. The molecule has 0 atom stereocenters. The minimum Gasteiger partial charge on any atom is -0.339 e. The normalized spacial score (nSPS) is 13.5. The molecule has 1 aliphatic heterocycles. The van der Waals surface area contributed by atoms with Gasteiger partial charge in [-0.3, -0.25) is 14.2 Å². The van der Waals surface area contributed by atoms with Crippen LogP contribution in [0.1, 0.15) is 40.0 Å². The fourth-order valence-corrected chi connectivity index (χ4v) is 4.63. The lowest BCUT2D eigenvalue weighted by Gasteiger charge is -2.19. The maximum atomic E-state index is 13.8. The average Bonchev–Trinajstić information content (AvgIpc) is 3.37. The van der Waals surface area contributed by atoms with Gasteiger partial charge in [0.1, 0.15) is 0 Å². The number of amides is 1. The minimum atomic E-state index is -0.495. The van der Waals surface area contributed by atoms with Gasteiger partial charge in [-0.15, -0.1) is 0 Å². The number of para-hydroxylation sites is 1. The number of hydrogen-bond acceptors (Lipinski definition) is 4. The molecule has 1 saturated heterocycles. The predicted octanol–water partition coefficient (Wildman–Crippen LogP) is 3.45. The molecule has 0 unspecified atom stereocenters. The number of carbonyl (C=O) groups is 1. The zero-order valence-electron chi connectivity index (χ0n) is 19.3. The van der Waals surface area contributed by atoms with Crippen molar-refractivity contribution in [2.75, 3.05) is 13.1 Å². The number of carbonyl (C=O) groups excluding carboxylic acids is 1. The second-order valence-electron chi connectivity index (χ2n) is 8.78. The molecule has 0 spiro atoms. The molecule has 0 aliphatic carbocycles. The number of likely N-dealkylation sites (tertiary alicyclic amines) is 1. The minimum absolute atomic E-state index is 0.109. The molecule has 0 saturated carbocycles. The van der Waals surface area contributed by atoms with Crippen LogP contribution < -0.4 is 11.2 Å². The molecule has 7 nitrogen and oxygen atoms in total. The number of benzene rings is 2. The van der Waals surface area contributed by atoms with E-state index < -0.39 is 11.2 Å². The number of nitrogens with zero attached hydrogens (tertiary/aromatic N) is 4. The number of fused-ring (bicyclic) bond motifs is 1. The monoisotopic (exact) mass is 454 g/mol. The lowest BCUT2D eigenvalue weighted by molar-refractivity contribution is 0.0794. The molecule has 0 N–H and O–H groups in total. The number of aromatic nitrogens is 3. The van der Waals surface area contributed by atoms with E-state index >= 15 is 0 Å². The molecule has 2 aromatic heterocycles. The van der Waals surface area contributed by atoms with E-state index in [4.69, 9.17) is 0 Å². The second-order valence-corrected chi connectivity index (χ2v) is 8.78. The maximum Gasteiger partial charge on any atom is 0.337 e. The Hall–Kier alpha value is -4.00. The first-order chi connectivity index (χ1) is 16.5. The molecule has 1 amide bonds. The number of hydrogen-bond donors (Lipinski definition) is 0. The van der Waals surface area contributed by atoms with E-state index in [2.05, 4.69) is 4.98 Å². The summed E-state index contributed by atoms with van der Waals surface area (Å²) in [5.41, 5.74) is 2.56. The Bertz CT molecular complexity index is 1510. The van der Waals surface area contributed by atoms with Crippen LogP contribution in [0.15, 0.2) is 70.3 Å². The summed E-state index contributed by atoms with van der Waals surface area (Å²) in [5, 5.41) is 0.180. The van der Waals surface area contributed by atoms with Gasteiger partial charge >= 0.3 is 5.69 Å². The summed E-state index contributed by atoms with van der Waals surface area (Å²) in [6.07, 6.45) is 1.89. The standard InChI is InChI=1S/C27H26N4O3/c1-18-10-6-7-11-20(18)17-30-26(33)23-22(25(32)29-14-8-9-15-29)16-19(2)28-24(23)31(27(30)34)21-12-4-3-5-13-21/h3-7,10-13,16H,8-9,14-15,17H2,1-2H3. The molecule has 34 heavy (non-hydrogen) atoms. The third kappa shape index (κ3) is 3.73. The summed E-state index contributed by atoms with van der Waals surface area (Å²) in [7, 11) is 0. The van der Waals surface area contributed by atoms with Crippen LogP contribution in [0.25, 0.3) is 16.7 Å². The van der Waals surface area contributed by atoms with Gasteiger partial charge in [0.15, 0.2) is 5.65 Å². The van der Waals surface area contributed by atoms with Crippen molar-refractivity contribution in [2.24, 2.45) is 0 Å². The van der Waals surface area contributed by atoms with Crippen LogP contribution in [-0.2, 0) is 6.54 Å². The van der Waals surface area contributed by atoms with E-state index in [9.17, 15) is 14.4 Å². The van der Waals surface area contributed by atoms with Gasteiger partial charge in [0.25, 0.3) is 11.5 Å². The second kappa shape index (κ2) is 8.74. The van der Waals surface area contributed by atoms with Gasteiger partial charge in [0.2, 0.25) is 0 Å². The van der Waals surface area contributed by atoms with E-state index in [1.165, 1.54) is 9.13 Å². The van der Waals surface area contributed by atoms with E-state index in [-0.39, 0.29) is 23.5 Å². The average molecular weight is 455 g/mol. The molecule has 172 valence electrons. The van der Waals surface area contributed by atoms with Crippen LogP contribution >= 0.6 is 0 Å². The third-order valence-electron chi connectivity index (χ3n) is 6.45. The van der Waals surface area contributed by atoms with E-state index in [0.29, 0.717) is 30.0 Å². The first-order valence-electron chi connectivity index (χ1n) is 11.5. The van der Waals surface area contributed by atoms with Gasteiger partial charge in [-0.05, 0) is 56.0 Å². The SMILES string of the molecule is Cc1cc(C(=O)N2CCCC2)c2c(=O)n(Cc3ccccc3C)c(=O)n(-c3ccccc3)c2n1. The highest BCUT2D eigenvalue weighted by Crippen LogP contribution is 2.21. The van der Waals surface area contributed by atoms with Crippen molar-refractivity contribution in [3.8, 4) is 5.69 Å². The Morgan fingerprint density at radius 1 is 0.941 bits per heavy atom. The highest BCUT2D eigenvalue weighted by atomic mass is 16.2. The summed E-state index contributed by atoms with van der Waals surface area (Å²) >= 11 is 0. The van der Waals surface area contributed by atoms with Gasteiger partial charge < -0.3 is 4.90 Å². The maximum absolute atomic E-state index is 13.8. The van der Waals surface area contributed by atoms with Crippen molar-refractivity contribution < 1.29 is 4.79 Å². The molecule has 3 heterocycles. The van der Waals surface area contributed by atoms with Crippen LogP contribution in [0.3, 0.4) is 0 Å². The zero-order chi connectivity index (χ0) is 23.8. The van der Waals surface area contributed by atoms with Crippen molar-refractivity contribution >= 4 is 16.9 Å². The largest absolute Gasteiger partial charge is 0.339 e. The summed E-state index contributed by atoms with van der Waals surface area (Å²) in [5.74, 6) is -0.189. The van der Waals surface area contributed by atoms with Crippen molar-refractivity contribution in [3.63, 3.8) is 0 Å². The Morgan fingerprint density at radius 2 is 1.62 bits per heavy atom. The topological polar surface area (TPSA) is 77.2 Å². The number of aryl methyl sites for hydroxylation is 2. The van der Waals surface area contributed by atoms with Crippen LogP contribution in [0.5, 0.6) is 0 Å². The quantitative estimate of drug-likeness (QED) is 0.473. The molecule has 7 heteroatoms. The lowest BCUT2D eigenvalue weighted by Crippen LogP contribution is -2.41. The smallest absolute Gasteiger partial charge is 0.337 e. The van der Waals surface area contributed by atoms with E-state index in [1.807, 2.05) is 49.4 Å². The van der Waals surface area contributed by atoms with Crippen molar-refractivity contribution in [1.29, 1.82) is 0 Å². The molecular weight excluding hydrogens is 428 g/mol. The van der Waals surface area contributed by atoms with Crippen molar-refractivity contribution in [3.05, 3.63) is 104 Å².